The van der Waals surface area contributed by atoms with Gasteiger partial charge in [-0.05, 0) is 6.42 Å². The van der Waals surface area contributed by atoms with Gasteiger partial charge in [0.2, 0.25) is 5.88 Å². The molecule has 1 aliphatic heterocycles. The summed E-state index contributed by atoms with van der Waals surface area (Å²) in [5.41, 5.74) is 1.11. The van der Waals surface area contributed by atoms with E-state index in [0.717, 1.165) is 17.9 Å². The molecule has 1 atom stereocenters. The van der Waals surface area contributed by atoms with Gasteiger partial charge in [-0.15, -0.1) is 0 Å². The molecule has 0 amide bonds. The van der Waals surface area contributed by atoms with E-state index in [4.69, 9.17) is 4.74 Å². The molecule has 1 aromatic rings. The van der Waals surface area contributed by atoms with Gasteiger partial charge in [0.25, 0.3) is 0 Å². The molecule has 12 heavy (non-hydrogen) atoms. The van der Waals surface area contributed by atoms with E-state index < -0.39 is 6.10 Å². The molecule has 1 unspecified atom stereocenters. The van der Waals surface area contributed by atoms with Crippen LogP contribution >= 0.6 is 0 Å². The van der Waals surface area contributed by atoms with Gasteiger partial charge in [-0.2, -0.15) is 5.10 Å². The number of aliphatic hydroxyl groups is 1. The minimum atomic E-state index is -0.415. The minimum absolute atomic E-state index is 0.388. The number of hydrogen-bond acceptors (Lipinski definition) is 3. The fourth-order valence-corrected chi connectivity index (χ4v) is 1.38. The van der Waals surface area contributed by atoms with Crippen molar-refractivity contribution in [1.29, 1.82) is 0 Å². The van der Waals surface area contributed by atoms with Crippen LogP contribution in [-0.2, 0) is 13.0 Å². The molecule has 0 aliphatic carbocycles. The van der Waals surface area contributed by atoms with Gasteiger partial charge >= 0.3 is 0 Å². The first-order valence-electron chi connectivity index (χ1n) is 4.16. The summed E-state index contributed by atoms with van der Waals surface area (Å²) in [5, 5.41) is 13.4. The minimum Gasteiger partial charge on any atom is -0.475 e. The summed E-state index contributed by atoms with van der Waals surface area (Å²) in [5.74, 6) is 0.822. The van der Waals surface area contributed by atoms with Gasteiger partial charge in [-0.3, -0.25) is 0 Å². The van der Waals surface area contributed by atoms with E-state index in [-0.39, 0.29) is 0 Å². The molecule has 0 fully saturated rings. The zero-order valence-corrected chi connectivity index (χ0v) is 7.03. The van der Waals surface area contributed by atoms with Gasteiger partial charge in [-0.25, -0.2) is 4.68 Å². The summed E-state index contributed by atoms with van der Waals surface area (Å²) in [4.78, 5) is 0. The Morgan fingerprint density at radius 3 is 3.42 bits per heavy atom. The van der Waals surface area contributed by atoms with Crippen LogP contribution in [0.15, 0.2) is 6.20 Å². The van der Waals surface area contributed by atoms with Gasteiger partial charge in [0.05, 0.1) is 12.7 Å². The Hall–Kier alpha value is -1.03. The van der Waals surface area contributed by atoms with E-state index in [1.807, 2.05) is 0 Å². The quantitative estimate of drug-likeness (QED) is 0.651. The average molecular weight is 168 g/mol. The molecule has 1 aliphatic rings. The number of aromatic nitrogens is 2. The lowest BCUT2D eigenvalue weighted by Gasteiger charge is -2.20. The first-order valence-corrected chi connectivity index (χ1v) is 4.16. The van der Waals surface area contributed by atoms with Crippen LogP contribution in [0.2, 0.25) is 0 Å². The molecular formula is C8H12N2O2. The third-order valence-electron chi connectivity index (χ3n) is 2.04. The van der Waals surface area contributed by atoms with E-state index >= 15 is 0 Å². The molecule has 4 heteroatoms. The monoisotopic (exact) mass is 168 g/mol. The molecule has 2 heterocycles. The second-order valence-corrected chi connectivity index (χ2v) is 2.98. The number of rotatable bonds is 1. The molecule has 0 saturated heterocycles. The molecule has 0 aromatic carbocycles. The van der Waals surface area contributed by atoms with Crippen molar-refractivity contribution in [2.24, 2.45) is 0 Å². The zero-order valence-electron chi connectivity index (χ0n) is 7.03. The molecule has 1 aromatic heterocycles. The van der Waals surface area contributed by atoms with Crippen LogP contribution in [0, 0.1) is 0 Å². The van der Waals surface area contributed by atoms with Crippen LogP contribution in [0.25, 0.3) is 0 Å². The standard InChI is InChI=1S/C8H12N2O2/c1-2-6-3-9-10-4-7(11)5-12-8(6)10/h3,7,11H,2,4-5H2,1H3. The summed E-state index contributed by atoms with van der Waals surface area (Å²) in [6.45, 7) is 3.00. The highest BCUT2D eigenvalue weighted by Gasteiger charge is 2.20. The summed E-state index contributed by atoms with van der Waals surface area (Å²) < 4.78 is 7.06. The van der Waals surface area contributed by atoms with Crippen molar-refractivity contribution in [3.63, 3.8) is 0 Å². The lowest BCUT2D eigenvalue weighted by atomic mass is 10.2. The van der Waals surface area contributed by atoms with Crippen molar-refractivity contribution in [3.8, 4) is 5.88 Å². The summed E-state index contributed by atoms with van der Waals surface area (Å²) in [6.07, 6.45) is 2.31. The number of nitrogens with zero attached hydrogens (tertiary/aromatic N) is 2. The molecule has 1 N–H and O–H groups in total. The number of aliphatic hydroxyl groups excluding tert-OH is 1. The molecule has 0 spiro atoms. The predicted molar refractivity (Wildman–Crippen MR) is 43.1 cm³/mol. The van der Waals surface area contributed by atoms with Crippen LogP contribution < -0.4 is 4.74 Å². The smallest absolute Gasteiger partial charge is 0.215 e. The van der Waals surface area contributed by atoms with Crippen molar-refractivity contribution in [3.05, 3.63) is 11.8 Å². The molecule has 4 nitrogen and oxygen atoms in total. The third-order valence-corrected chi connectivity index (χ3v) is 2.04. The lowest BCUT2D eigenvalue weighted by Crippen LogP contribution is -2.30. The van der Waals surface area contributed by atoms with Crippen molar-refractivity contribution in [1.82, 2.24) is 9.78 Å². The number of ether oxygens (including phenoxy) is 1. The van der Waals surface area contributed by atoms with Crippen molar-refractivity contribution in [2.75, 3.05) is 6.61 Å². The van der Waals surface area contributed by atoms with Crippen LogP contribution in [0.3, 0.4) is 0 Å². The van der Waals surface area contributed by atoms with E-state index in [9.17, 15) is 5.11 Å². The maximum absolute atomic E-state index is 9.25. The zero-order chi connectivity index (χ0) is 8.55. The van der Waals surface area contributed by atoms with Gasteiger partial charge in [-0.1, -0.05) is 6.92 Å². The van der Waals surface area contributed by atoms with Crippen LogP contribution in [-0.4, -0.2) is 27.6 Å². The van der Waals surface area contributed by atoms with Gasteiger partial charge in [0.1, 0.15) is 12.7 Å². The van der Waals surface area contributed by atoms with Crippen LogP contribution in [0.5, 0.6) is 5.88 Å². The molecular weight excluding hydrogens is 156 g/mol. The van der Waals surface area contributed by atoms with E-state index in [2.05, 4.69) is 12.0 Å². The molecule has 0 bridgehead atoms. The third kappa shape index (κ3) is 1.08. The van der Waals surface area contributed by atoms with Crippen LogP contribution in [0.1, 0.15) is 12.5 Å². The Morgan fingerprint density at radius 2 is 2.67 bits per heavy atom. The highest BCUT2D eigenvalue weighted by molar-refractivity contribution is 5.25. The van der Waals surface area contributed by atoms with E-state index in [1.165, 1.54) is 0 Å². The summed E-state index contributed by atoms with van der Waals surface area (Å²) in [6, 6.07) is 0. The number of hydrogen-bond donors (Lipinski definition) is 1. The Bertz CT molecular complexity index is 283. The maximum Gasteiger partial charge on any atom is 0.215 e. The van der Waals surface area contributed by atoms with Gasteiger partial charge in [0.15, 0.2) is 0 Å². The van der Waals surface area contributed by atoms with Crippen molar-refractivity contribution < 1.29 is 9.84 Å². The largest absolute Gasteiger partial charge is 0.475 e. The topological polar surface area (TPSA) is 47.3 Å². The number of fused-ring (bicyclic) bond motifs is 1. The summed E-state index contributed by atoms with van der Waals surface area (Å²) in [7, 11) is 0. The second-order valence-electron chi connectivity index (χ2n) is 2.98. The van der Waals surface area contributed by atoms with Crippen molar-refractivity contribution in [2.45, 2.75) is 26.0 Å². The summed E-state index contributed by atoms with van der Waals surface area (Å²) >= 11 is 0. The molecule has 2 rings (SSSR count). The highest BCUT2D eigenvalue weighted by Crippen LogP contribution is 2.22. The maximum atomic E-state index is 9.25. The van der Waals surface area contributed by atoms with Gasteiger partial charge in [0, 0.05) is 5.56 Å². The Morgan fingerprint density at radius 1 is 1.83 bits per heavy atom. The SMILES string of the molecule is CCc1cnn2c1OCC(O)C2. The van der Waals surface area contributed by atoms with E-state index in [1.54, 1.807) is 10.9 Å². The lowest BCUT2D eigenvalue weighted by molar-refractivity contribution is 0.0552. The fourth-order valence-electron chi connectivity index (χ4n) is 1.38. The van der Waals surface area contributed by atoms with Gasteiger partial charge < -0.3 is 9.84 Å². The highest BCUT2D eigenvalue weighted by atomic mass is 16.5. The average Bonchev–Trinajstić information content (AvgIpc) is 2.46. The van der Waals surface area contributed by atoms with Crippen molar-refractivity contribution >= 4 is 0 Å². The Balaban J connectivity index is 2.32. The Labute approximate surface area is 70.8 Å². The molecule has 0 saturated carbocycles. The first-order chi connectivity index (χ1) is 5.81. The number of aryl methyl sites for hydroxylation is 1. The first kappa shape index (κ1) is 7.61. The predicted octanol–water partition coefficient (Wildman–Crippen LogP) is 0.199. The molecule has 66 valence electrons. The second kappa shape index (κ2) is 2.79. The molecule has 0 radical (unpaired) electrons. The van der Waals surface area contributed by atoms with Crippen LogP contribution in [0.4, 0.5) is 0 Å². The van der Waals surface area contributed by atoms with E-state index in [0.29, 0.717) is 13.2 Å². The Kier molecular flexibility index (Phi) is 1.77. The normalized spacial score (nSPS) is 21.7. The fraction of sp³-hybridized carbons (Fsp3) is 0.625.